The zero-order valence-electron chi connectivity index (χ0n) is 37.7. The van der Waals surface area contributed by atoms with Crippen LogP contribution < -0.4 is 4.74 Å². The second-order valence-corrected chi connectivity index (χ2v) is 23.1. The summed E-state index contributed by atoms with van der Waals surface area (Å²) in [5, 5.41) is 0. The average Bonchev–Trinajstić information content (AvgIpc) is 3.44. The fourth-order valence-corrected chi connectivity index (χ4v) is 17.8. The van der Waals surface area contributed by atoms with Crippen molar-refractivity contribution in [2.24, 2.45) is 0 Å². The number of hydrogen-bond acceptors (Lipinski definition) is 3. The molecule has 5 heteroatoms. The minimum Gasteiger partial charge on any atom is -0.454 e. The van der Waals surface area contributed by atoms with E-state index >= 15 is 0 Å². The smallest absolute Gasteiger partial charge is 0.160 e. The first-order chi connectivity index (χ1) is 34.2. The first-order valence-corrected chi connectivity index (χ1v) is 26.5. The van der Waals surface area contributed by atoms with Crippen molar-refractivity contribution in [1.29, 1.82) is 0 Å². The van der Waals surface area contributed by atoms with Crippen LogP contribution in [-0.4, -0.2) is 9.97 Å². The maximum atomic E-state index is 7.34. The molecule has 1 aliphatic rings. The third-order valence-corrected chi connectivity index (χ3v) is 20.7. The Morgan fingerprint density at radius 1 is 0.319 bits per heavy atom. The lowest BCUT2D eigenvalue weighted by Crippen LogP contribution is -2.12. The number of fused-ring (bicyclic) bond motifs is 2. The van der Waals surface area contributed by atoms with Gasteiger partial charge in [-0.15, -0.1) is 20.1 Å². The van der Waals surface area contributed by atoms with Crippen molar-refractivity contribution in [3.05, 3.63) is 279 Å². The second kappa shape index (κ2) is 18.1. The molecule has 0 unspecified atom stereocenters. The normalized spacial score (nSPS) is 13.3. The van der Waals surface area contributed by atoms with Crippen LogP contribution in [0.25, 0.3) is 45.0 Å². The van der Waals surface area contributed by atoms with Crippen molar-refractivity contribution in [2.75, 3.05) is 0 Å². The van der Waals surface area contributed by atoms with Crippen molar-refractivity contribution < 1.29 is 4.74 Å². The number of ether oxygens (including phenoxy) is 1. The van der Waals surface area contributed by atoms with Gasteiger partial charge in [-0.25, -0.2) is 9.97 Å². The Balaban J connectivity index is 1.20. The average molecular weight is 923 g/mol. The molecule has 1 aliphatic heterocycles. The van der Waals surface area contributed by atoms with E-state index in [1.165, 1.54) is 29.4 Å². The van der Waals surface area contributed by atoms with E-state index in [0.717, 1.165) is 60.5 Å². The molecule has 0 amide bonds. The number of aromatic nitrogens is 2. The van der Waals surface area contributed by atoms with Crippen molar-refractivity contribution in [2.45, 2.75) is 39.2 Å². The van der Waals surface area contributed by atoms with E-state index < -0.39 is 20.1 Å². The maximum Gasteiger partial charge on any atom is 0.160 e. The predicted molar refractivity (Wildman–Crippen MR) is 284 cm³/mol. The third kappa shape index (κ3) is 7.35. The molecule has 10 aromatic carbocycles. The van der Waals surface area contributed by atoms with Crippen LogP contribution >= 0.6 is 20.1 Å². The first kappa shape index (κ1) is 42.2. The molecule has 0 saturated heterocycles. The van der Waals surface area contributed by atoms with Gasteiger partial charge in [0.15, 0.2) is 5.82 Å². The standard InChI is InChI=1S/C64H46N2OS2/c1-8-25-47(26-9-1)58-46-59(48-27-10-2-11-28-48)66-64(65-58)50-43-49(44-56(45-50)68(51-29-12-3-13-30-51,52-31-14-4-15-32-52)53-33-16-5-17-34-53)57-39-24-42-62-63(57)67-60-40-22-23-41-61(60)69(62,54-35-18-6-19-36-54)55-37-20-7-21-38-55/h1-46H. The Hall–Kier alpha value is -8.22. The lowest BCUT2D eigenvalue weighted by Gasteiger charge is -2.46. The molecule has 3 nitrogen and oxygen atoms in total. The topological polar surface area (TPSA) is 35.0 Å². The van der Waals surface area contributed by atoms with Gasteiger partial charge in [0.1, 0.15) is 11.5 Å². The van der Waals surface area contributed by atoms with Crippen LogP contribution in [0.1, 0.15) is 0 Å². The Labute approximate surface area is 407 Å². The molecule has 1 aromatic heterocycles. The molecule has 12 rings (SSSR count). The van der Waals surface area contributed by atoms with Gasteiger partial charge in [-0.3, -0.25) is 0 Å². The Kier molecular flexibility index (Phi) is 11.1. The highest BCUT2D eigenvalue weighted by atomic mass is 32.3. The Morgan fingerprint density at radius 2 is 0.739 bits per heavy atom. The summed E-state index contributed by atoms with van der Waals surface area (Å²) in [6.45, 7) is 0. The van der Waals surface area contributed by atoms with Gasteiger partial charge in [-0.1, -0.05) is 176 Å². The number of nitrogens with zero attached hydrogens (tertiary/aromatic N) is 2. The molecule has 2 heterocycles. The van der Waals surface area contributed by atoms with Crippen LogP contribution in [0.15, 0.2) is 318 Å². The van der Waals surface area contributed by atoms with E-state index in [4.69, 9.17) is 14.7 Å². The second-order valence-electron chi connectivity index (χ2n) is 16.9. The molecule has 0 radical (unpaired) electrons. The highest BCUT2D eigenvalue weighted by molar-refractivity contribution is 8.34. The highest BCUT2D eigenvalue weighted by Crippen LogP contribution is 2.80. The molecule has 0 saturated carbocycles. The summed E-state index contributed by atoms with van der Waals surface area (Å²) in [4.78, 5) is 20.6. The molecular formula is C64H46N2OS2. The zero-order valence-corrected chi connectivity index (χ0v) is 39.3. The van der Waals surface area contributed by atoms with Gasteiger partial charge >= 0.3 is 0 Å². The monoisotopic (exact) mass is 922 g/mol. The SMILES string of the molecule is c1ccc(-c2cc(-c3ccccc3)nc(-c3cc(-c4cccc5c4Oc4ccccc4S5(c4ccccc4)c4ccccc4)cc(S(c4ccccc4)(c4ccccc4)c4ccccc4)c3)n2)cc1. The number of hydrogen-bond donors (Lipinski definition) is 0. The molecule has 0 spiro atoms. The molecule has 0 atom stereocenters. The molecule has 11 aromatic rings. The maximum absolute atomic E-state index is 7.34. The summed E-state index contributed by atoms with van der Waals surface area (Å²) >= 11 is 0. The lowest BCUT2D eigenvalue weighted by atomic mass is 10.0. The quantitative estimate of drug-likeness (QED) is 0.137. The molecular weight excluding hydrogens is 877 g/mol. The van der Waals surface area contributed by atoms with Crippen LogP contribution in [-0.2, 0) is 0 Å². The number of benzene rings is 10. The number of rotatable bonds is 10. The van der Waals surface area contributed by atoms with Crippen molar-refractivity contribution >= 4 is 20.1 Å². The summed E-state index contributed by atoms with van der Waals surface area (Å²) in [6.07, 6.45) is 0. The Bertz CT molecular complexity index is 3370. The summed E-state index contributed by atoms with van der Waals surface area (Å²) in [5.41, 5.74) is 6.69. The van der Waals surface area contributed by atoms with Gasteiger partial charge in [-0.2, -0.15) is 0 Å². The molecule has 0 N–H and O–H groups in total. The van der Waals surface area contributed by atoms with Gasteiger partial charge in [0.25, 0.3) is 0 Å². The van der Waals surface area contributed by atoms with Crippen LogP contribution in [0, 0.1) is 0 Å². The molecule has 330 valence electrons. The fourth-order valence-electron chi connectivity index (χ4n) is 9.84. The highest BCUT2D eigenvalue weighted by Gasteiger charge is 2.42. The minimum atomic E-state index is -2.17. The van der Waals surface area contributed by atoms with E-state index in [9.17, 15) is 0 Å². The minimum absolute atomic E-state index is 0.644. The molecule has 69 heavy (non-hydrogen) atoms. The Morgan fingerprint density at radius 3 is 1.25 bits per heavy atom. The summed E-state index contributed by atoms with van der Waals surface area (Å²) in [5.74, 6) is 2.36. The van der Waals surface area contributed by atoms with Crippen LogP contribution in [0.2, 0.25) is 0 Å². The van der Waals surface area contributed by atoms with Gasteiger partial charge in [0.2, 0.25) is 0 Å². The zero-order chi connectivity index (χ0) is 46.0. The molecule has 0 aliphatic carbocycles. The lowest BCUT2D eigenvalue weighted by molar-refractivity contribution is 0.454. The summed E-state index contributed by atoms with van der Waals surface area (Å²) in [6, 6.07) is 101. The van der Waals surface area contributed by atoms with E-state index in [1.807, 2.05) is 12.1 Å². The van der Waals surface area contributed by atoms with E-state index in [-0.39, 0.29) is 0 Å². The summed E-state index contributed by atoms with van der Waals surface area (Å²) in [7, 11) is -4.22. The van der Waals surface area contributed by atoms with Gasteiger partial charge < -0.3 is 4.74 Å². The molecule has 0 fully saturated rings. The van der Waals surface area contributed by atoms with E-state index in [2.05, 4.69) is 267 Å². The largest absolute Gasteiger partial charge is 0.454 e. The van der Waals surface area contributed by atoms with Crippen molar-refractivity contribution in [3.8, 4) is 56.5 Å². The van der Waals surface area contributed by atoms with Crippen LogP contribution in [0.5, 0.6) is 11.5 Å². The van der Waals surface area contributed by atoms with E-state index in [0.29, 0.717) is 5.82 Å². The van der Waals surface area contributed by atoms with Crippen LogP contribution in [0.3, 0.4) is 0 Å². The van der Waals surface area contributed by atoms with Crippen LogP contribution in [0.4, 0.5) is 0 Å². The van der Waals surface area contributed by atoms with Crippen molar-refractivity contribution in [1.82, 2.24) is 9.97 Å². The predicted octanol–water partition coefficient (Wildman–Crippen LogP) is 17.9. The number of para-hydroxylation sites is 2. The third-order valence-electron chi connectivity index (χ3n) is 12.9. The van der Waals surface area contributed by atoms with Gasteiger partial charge in [-0.05, 0) is 109 Å². The first-order valence-electron chi connectivity index (χ1n) is 23.2. The van der Waals surface area contributed by atoms with Crippen molar-refractivity contribution in [3.63, 3.8) is 0 Å². The van der Waals surface area contributed by atoms with Gasteiger partial charge in [0.05, 0.1) is 11.4 Å². The fraction of sp³-hybridized carbons (Fsp3) is 0. The molecule has 0 bridgehead atoms. The van der Waals surface area contributed by atoms with E-state index in [1.54, 1.807) is 0 Å². The van der Waals surface area contributed by atoms with Gasteiger partial charge in [0, 0.05) is 61.4 Å². The summed E-state index contributed by atoms with van der Waals surface area (Å²) < 4.78 is 7.34.